The number of carbonyl (C=O) groups excluding carboxylic acids is 2. The van der Waals surface area contributed by atoms with Crippen LogP contribution in [-0.4, -0.2) is 54.3 Å². The first-order valence-electron chi connectivity index (χ1n) is 11.1. The highest BCUT2D eigenvalue weighted by Gasteiger charge is 2.55. The van der Waals surface area contributed by atoms with Gasteiger partial charge in [0.15, 0.2) is 0 Å². The molecule has 1 aromatic carbocycles. The van der Waals surface area contributed by atoms with Crippen molar-refractivity contribution in [1.82, 2.24) is 9.80 Å². The van der Waals surface area contributed by atoms with Crippen molar-refractivity contribution >= 4 is 33.4 Å². The van der Waals surface area contributed by atoms with Gasteiger partial charge in [-0.2, -0.15) is 0 Å². The van der Waals surface area contributed by atoms with Gasteiger partial charge < -0.3 is 10.2 Å². The summed E-state index contributed by atoms with van der Waals surface area (Å²) in [7, 11) is 0. The predicted molar refractivity (Wildman–Crippen MR) is 116 cm³/mol. The zero-order chi connectivity index (χ0) is 20.0. The van der Waals surface area contributed by atoms with E-state index in [0.717, 1.165) is 73.4 Å². The molecule has 4 aliphatic carbocycles. The van der Waals surface area contributed by atoms with E-state index in [-0.39, 0.29) is 11.3 Å². The molecule has 1 aliphatic heterocycles. The van der Waals surface area contributed by atoms with Crippen molar-refractivity contribution < 1.29 is 9.59 Å². The Kier molecular flexibility index (Phi) is 5.19. The summed E-state index contributed by atoms with van der Waals surface area (Å²) in [5.41, 5.74) is 0.768. The van der Waals surface area contributed by atoms with Crippen LogP contribution in [0.4, 0.5) is 5.69 Å². The summed E-state index contributed by atoms with van der Waals surface area (Å²) in [5.74, 6) is 2.83. The van der Waals surface area contributed by atoms with Gasteiger partial charge in [-0.1, -0.05) is 15.9 Å². The summed E-state index contributed by atoms with van der Waals surface area (Å²) in [6.45, 7) is 3.46. The molecule has 0 radical (unpaired) electrons. The van der Waals surface area contributed by atoms with Gasteiger partial charge in [0.05, 0.1) is 12.0 Å². The second-order valence-corrected chi connectivity index (χ2v) is 10.7. The van der Waals surface area contributed by atoms with Crippen LogP contribution in [0.5, 0.6) is 0 Å². The molecule has 2 amide bonds. The van der Waals surface area contributed by atoms with Crippen molar-refractivity contribution in [3.05, 3.63) is 28.7 Å². The number of rotatable bonds is 4. The molecule has 0 aromatic heterocycles. The minimum Gasteiger partial charge on any atom is -0.340 e. The molecule has 1 saturated heterocycles. The third-order valence-corrected chi connectivity index (χ3v) is 8.18. The number of hydrogen-bond donors (Lipinski definition) is 1. The third-order valence-electron chi connectivity index (χ3n) is 7.65. The Labute approximate surface area is 181 Å². The fourth-order valence-corrected chi connectivity index (χ4v) is 7.02. The van der Waals surface area contributed by atoms with Crippen molar-refractivity contribution in [3.8, 4) is 0 Å². The second kappa shape index (κ2) is 7.69. The van der Waals surface area contributed by atoms with E-state index in [1.165, 1.54) is 19.3 Å². The smallest absolute Gasteiger partial charge is 0.238 e. The number of piperazine rings is 1. The molecule has 0 spiro atoms. The van der Waals surface area contributed by atoms with Crippen LogP contribution < -0.4 is 5.32 Å². The third kappa shape index (κ3) is 3.98. The molecule has 0 atom stereocenters. The van der Waals surface area contributed by atoms with Crippen LogP contribution in [0.1, 0.15) is 38.5 Å². The van der Waals surface area contributed by atoms with Gasteiger partial charge in [0.25, 0.3) is 0 Å². The Bertz CT molecular complexity index is 751. The van der Waals surface area contributed by atoms with Gasteiger partial charge in [-0.3, -0.25) is 14.5 Å². The average Bonchev–Trinajstić information content (AvgIpc) is 2.69. The van der Waals surface area contributed by atoms with Crippen molar-refractivity contribution in [1.29, 1.82) is 0 Å². The fraction of sp³-hybridized carbons (Fsp3) is 0.652. The largest absolute Gasteiger partial charge is 0.340 e. The minimum atomic E-state index is -0.0458. The van der Waals surface area contributed by atoms with Gasteiger partial charge in [0, 0.05) is 36.3 Å². The maximum atomic E-state index is 13.5. The van der Waals surface area contributed by atoms with Crippen molar-refractivity contribution in [2.45, 2.75) is 38.5 Å². The molecule has 156 valence electrons. The van der Waals surface area contributed by atoms with Gasteiger partial charge in [-0.25, -0.2) is 0 Å². The molecule has 6 rings (SSSR count). The molecule has 4 saturated carbocycles. The van der Waals surface area contributed by atoms with E-state index in [1.54, 1.807) is 0 Å². The van der Waals surface area contributed by atoms with Crippen LogP contribution in [0.25, 0.3) is 0 Å². The summed E-state index contributed by atoms with van der Waals surface area (Å²) in [6.07, 6.45) is 7.50. The highest BCUT2D eigenvalue weighted by molar-refractivity contribution is 9.10. The lowest BCUT2D eigenvalue weighted by atomic mass is 9.49. The lowest BCUT2D eigenvalue weighted by Gasteiger charge is -2.57. The molecule has 29 heavy (non-hydrogen) atoms. The van der Waals surface area contributed by atoms with Crippen molar-refractivity contribution in [2.75, 3.05) is 38.0 Å². The number of amides is 2. The molecule has 5 aliphatic rings. The number of hydrogen-bond acceptors (Lipinski definition) is 3. The molecule has 1 aromatic rings. The van der Waals surface area contributed by atoms with E-state index >= 15 is 0 Å². The molecule has 1 heterocycles. The van der Waals surface area contributed by atoms with Crippen LogP contribution in [0.3, 0.4) is 0 Å². The summed E-state index contributed by atoms with van der Waals surface area (Å²) in [4.78, 5) is 30.1. The molecule has 5 nitrogen and oxygen atoms in total. The number of benzene rings is 1. The van der Waals surface area contributed by atoms with Gasteiger partial charge in [-0.15, -0.1) is 0 Å². The summed E-state index contributed by atoms with van der Waals surface area (Å²) >= 11 is 3.41. The lowest BCUT2D eigenvalue weighted by Crippen LogP contribution is -2.58. The van der Waals surface area contributed by atoms with E-state index in [9.17, 15) is 9.59 Å². The SMILES string of the molecule is O=C(CN1CCN(C(=O)C23CC4CC(CC(C4)C2)C3)CC1)Nc1ccc(Br)cc1. The van der Waals surface area contributed by atoms with E-state index in [2.05, 4.69) is 31.0 Å². The second-order valence-electron chi connectivity index (χ2n) is 9.82. The highest BCUT2D eigenvalue weighted by atomic mass is 79.9. The van der Waals surface area contributed by atoms with Gasteiger partial charge >= 0.3 is 0 Å². The maximum Gasteiger partial charge on any atom is 0.238 e. The molecular formula is C23H30BrN3O2. The van der Waals surface area contributed by atoms with Crippen molar-refractivity contribution in [3.63, 3.8) is 0 Å². The first kappa shape index (κ1) is 19.6. The number of nitrogens with zero attached hydrogens (tertiary/aromatic N) is 2. The normalized spacial score (nSPS) is 33.7. The van der Waals surface area contributed by atoms with Crippen LogP contribution in [0, 0.1) is 23.2 Å². The van der Waals surface area contributed by atoms with E-state index < -0.39 is 0 Å². The Morgan fingerprint density at radius 1 is 0.931 bits per heavy atom. The summed E-state index contributed by atoms with van der Waals surface area (Å²) in [6, 6.07) is 7.63. The van der Waals surface area contributed by atoms with Crippen LogP contribution in [0.15, 0.2) is 28.7 Å². The maximum absolute atomic E-state index is 13.5. The Morgan fingerprint density at radius 3 is 2.03 bits per heavy atom. The first-order valence-corrected chi connectivity index (χ1v) is 11.9. The van der Waals surface area contributed by atoms with Crippen LogP contribution >= 0.6 is 15.9 Å². The van der Waals surface area contributed by atoms with Crippen LogP contribution in [-0.2, 0) is 9.59 Å². The van der Waals surface area contributed by atoms with E-state index in [0.29, 0.717) is 12.5 Å². The monoisotopic (exact) mass is 459 g/mol. The zero-order valence-electron chi connectivity index (χ0n) is 16.9. The molecule has 0 unspecified atom stereocenters. The quantitative estimate of drug-likeness (QED) is 0.745. The Hall–Kier alpha value is -1.40. The van der Waals surface area contributed by atoms with Gasteiger partial charge in [0.1, 0.15) is 0 Å². The topological polar surface area (TPSA) is 52.7 Å². The molecule has 5 fully saturated rings. The number of carbonyl (C=O) groups is 2. The highest BCUT2D eigenvalue weighted by Crippen LogP contribution is 2.60. The standard InChI is InChI=1S/C23H30BrN3O2/c24-19-1-3-20(4-2-19)25-21(28)15-26-5-7-27(8-6-26)22(29)23-12-16-9-17(13-23)11-18(10-16)14-23/h1-4,16-18H,5-15H2,(H,25,28). The molecule has 6 heteroatoms. The molecule has 1 N–H and O–H groups in total. The van der Waals surface area contributed by atoms with E-state index in [1.807, 2.05) is 24.3 Å². The average molecular weight is 460 g/mol. The van der Waals surface area contributed by atoms with Gasteiger partial charge in [-0.05, 0) is 80.5 Å². The first-order chi connectivity index (χ1) is 14.0. The molecule has 4 bridgehead atoms. The van der Waals surface area contributed by atoms with Crippen LogP contribution in [0.2, 0.25) is 0 Å². The Balaban J connectivity index is 1.13. The lowest BCUT2D eigenvalue weighted by molar-refractivity contribution is -0.159. The van der Waals surface area contributed by atoms with Crippen molar-refractivity contribution in [2.24, 2.45) is 23.2 Å². The number of anilines is 1. The number of halogens is 1. The summed E-state index contributed by atoms with van der Waals surface area (Å²) in [5, 5.41) is 2.96. The minimum absolute atomic E-state index is 0.00758. The van der Waals surface area contributed by atoms with E-state index in [4.69, 9.17) is 0 Å². The zero-order valence-corrected chi connectivity index (χ0v) is 18.5. The predicted octanol–water partition coefficient (Wildman–Crippen LogP) is 3.75. The summed E-state index contributed by atoms with van der Waals surface area (Å²) < 4.78 is 0.996. The molecular weight excluding hydrogens is 430 g/mol. The Morgan fingerprint density at radius 2 is 1.48 bits per heavy atom. The fourth-order valence-electron chi connectivity index (χ4n) is 6.75. The van der Waals surface area contributed by atoms with Gasteiger partial charge in [0.2, 0.25) is 11.8 Å². The number of nitrogens with one attached hydrogen (secondary N) is 1.